The van der Waals surface area contributed by atoms with Crippen LogP contribution < -0.4 is 11.5 Å². The molecular formula is C4H16N2O4S. The van der Waals surface area contributed by atoms with E-state index in [0.717, 1.165) is 0 Å². The van der Waals surface area contributed by atoms with Gasteiger partial charge in [-0.1, -0.05) is 13.8 Å². The summed E-state index contributed by atoms with van der Waals surface area (Å²) >= 11 is 0. The molecule has 0 fully saturated rings. The highest BCUT2D eigenvalue weighted by atomic mass is 32.3. The highest BCUT2D eigenvalue weighted by molar-refractivity contribution is 7.79. The quantitative estimate of drug-likeness (QED) is 0.371. The normalized spacial score (nSPS) is 9.09. The monoisotopic (exact) mass is 188 g/mol. The Bertz CT molecular complexity index is 131. The lowest BCUT2D eigenvalue weighted by Crippen LogP contribution is -2.06. The molecule has 0 saturated carbocycles. The molecule has 0 aromatic rings. The van der Waals surface area contributed by atoms with Crippen LogP contribution in [0.3, 0.4) is 0 Å². The van der Waals surface area contributed by atoms with Gasteiger partial charge < -0.3 is 11.5 Å². The Labute approximate surface area is 67.2 Å². The molecule has 0 spiro atoms. The van der Waals surface area contributed by atoms with Crippen LogP contribution >= 0.6 is 0 Å². The fourth-order valence-corrected chi connectivity index (χ4v) is 0. The van der Waals surface area contributed by atoms with Crippen LogP contribution in [0.15, 0.2) is 0 Å². The minimum Gasteiger partial charge on any atom is -0.333 e. The maximum atomic E-state index is 8.74. The summed E-state index contributed by atoms with van der Waals surface area (Å²) in [5.74, 6) is 0. The SMILES string of the molecule is CC(C)N.CN.O=S(=O)(O)O. The van der Waals surface area contributed by atoms with Crippen molar-refractivity contribution in [3.63, 3.8) is 0 Å². The van der Waals surface area contributed by atoms with E-state index in [-0.39, 0.29) is 0 Å². The average Bonchev–Trinajstić information content (AvgIpc) is 1.63. The van der Waals surface area contributed by atoms with Crippen molar-refractivity contribution in [2.24, 2.45) is 11.5 Å². The number of rotatable bonds is 0. The highest BCUT2D eigenvalue weighted by Gasteiger charge is 1.84. The molecule has 11 heavy (non-hydrogen) atoms. The molecule has 0 atom stereocenters. The molecule has 0 bridgehead atoms. The van der Waals surface area contributed by atoms with Gasteiger partial charge in [-0.15, -0.1) is 0 Å². The zero-order valence-corrected chi connectivity index (χ0v) is 7.67. The zero-order valence-electron chi connectivity index (χ0n) is 6.85. The van der Waals surface area contributed by atoms with E-state index in [1.54, 1.807) is 0 Å². The maximum Gasteiger partial charge on any atom is 0.394 e. The van der Waals surface area contributed by atoms with E-state index in [0.29, 0.717) is 6.04 Å². The van der Waals surface area contributed by atoms with E-state index < -0.39 is 10.4 Å². The molecule has 72 valence electrons. The van der Waals surface area contributed by atoms with Gasteiger partial charge in [-0.3, -0.25) is 9.11 Å². The van der Waals surface area contributed by atoms with Crippen molar-refractivity contribution in [2.75, 3.05) is 7.05 Å². The summed E-state index contributed by atoms with van der Waals surface area (Å²) in [6, 6.07) is 0.333. The molecule has 0 unspecified atom stereocenters. The highest BCUT2D eigenvalue weighted by Crippen LogP contribution is 1.59. The molecule has 7 heteroatoms. The summed E-state index contributed by atoms with van der Waals surface area (Å²) in [7, 11) is -3.17. The molecule has 6 N–H and O–H groups in total. The van der Waals surface area contributed by atoms with Gasteiger partial charge in [0, 0.05) is 0 Å². The van der Waals surface area contributed by atoms with E-state index in [1.165, 1.54) is 7.05 Å². The molecule has 0 aromatic heterocycles. The Morgan fingerprint density at radius 2 is 1.18 bits per heavy atom. The molecule has 0 aliphatic heterocycles. The Morgan fingerprint density at radius 3 is 1.18 bits per heavy atom. The summed E-state index contributed by atoms with van der Waals surface area (Å²) in [6.45, 7) is 3.89. The van der Waals surface area contributed by atoms with Crippen molar-refractivity contribution in [2.45, 2.75) is 19.9 Å². The van der Waals surface area contributed by atoms with Crippen molar-refractivity contribution < 1.29 is 17.5 Å². The fraction of sp³-hybridized carbons (Fsp3) is 1.00. The van der Waals surface area contributed by atoms with E-state index in [1.807, 2.05) is 13.8 Å². The second-order valence-electron chi connectivity index (χ2n) is 1.69. The van der Waals surface area contributed by atoms with Gasteiger partial charge in [-0.2, -0.15) is 8.42 Å². The Balaban J connectivity index is -0.0000000965. The van der Waals surface area contributed by atoms with Crippen LogP contribution in [0, 0.1) is 0 Å². The molecule has 0 amide bonds. The van der Waals surface area contributed by atoms with Crippen LogP contribution in [-0.4, -0.2) is 30.6 Å². The van der Waals surface area contributed by atoms with Crippen molar-refractivity contribution in [1.29, 1.82) is 0 Å². The van der Waals surface area contributed by atoms with E-state index in [4.69, 9.17) is 23.3 Å². The van der Waals surface area contributed by atoms with Crippen LogP contribution in [0.25, 0.3) is 0 Å². The minimum atomic E-state index is -4.67. The van der Waals surface area contributed by atoms with Crippen molar-refractivity contribution in [3.05, 3.63) is 0 Å². The topological polar surface area (TPSA) is 127 Å². The molecule has 0 aromatic carbocycles. The lowest BCUT2D eigenvalue weighted by atomic mass is 10.5. The molecule has 0 saturated heterocycles. The predicted molar refractivity (Wildman–Crippen MR) is 43.6 cm³/mol. The summed E-state index contributed by atoms with van der Waals surface area (Å²) in [6.07, 6.45) is 0. The van der Waals surface area contributed by atoms with Gasteiger partial charge in [0.25, 0.3) is 0 Å². The Morgan fingerprint density at radius 1 is 1.18 bits per heavy atom. The van der Waals surface area contributed by atoms with Crippen molar-refractivity contribution >= 4 is 10.4 Å². The first kappa shape index (κ1) is 17.0. The Kier molecular flexibility index (Phi) is 15.2. The summed E-state index contributed by atoms with van der Waals surface area (Å²) < 4.78 is 31.6. The summed E-state index contributed by atoms with van der Waals surface area (Å²) in [5.41, 5.74) is 9.61. The van der Waals surface area contributed by atoms with Crippen molar-refractivity contribution in [1.82, 2.24) is 0 Å². The first-order valence-corrected chi connectivity index (χ1v) is 4.16. The van der Waals surface area contributed by atoms with Crippen LogP contribution in [0.2, 0.25) is 0 Å². The van der Waals surface area contributed by atoms with Gasteiger partial charge in [0.2, 0.25) is 0 Å². The molecular weight excluding hydrogens is 172 g/mol. The number of hydrogen-bond donors (Lipinski definition) is 4. The first-order valence-electron chi connectivity index (χ1n) is 2.76. The third kappa shape index (κ3) is 13500. The summed E-state index contributed by atoms with van der Waals surface area (Å²) in [4.78, 5) is 0. The third-order valence-electron chi connectivity index (χ3n) is 0. The zero-order chi connectivity index (χ0) is 10.1. The van der Waals surface area contributed by atoms with E-state index in [2.05, 4.69) is 5.73 Å². The van der Waals surface area contributed by atoms with Gasteiger partial charge in [0.1, 0.15) is 0 Å². The first-order chi connectivity index (χ1) is 4.73. The molecule has 0 aliphatic carbocycles. The molecule has 0 heterocycles. The molecule has 0 rings (SSSR count). The van der Waals surface area contributed by atoms with E-state index >= 15 is 0 Å². The van der Waals surface area contributed by atoms with Crippen molar-refractivity contribution in [3.8, 4) is 0 Å². The second kappa shape index (κ2) is 9.79. The number of hydrogen-bond acceptors (Lipinski definition) is 4. The average molecular weight is 188 g/mol. The predicted octanol–water partition coefficient (Wildman–Crippen LogP) is -0.724. The summed E-state index contributed by atoms with van der Waals surface area (Å²) in [5, 5.41) is 0. The second-order valence-corrected chi connectivity index (χ2v) is 2.59. The molecule has 6 nitrogen and oxygen atoms in total. The molecule has 0 aliphatic rings. The van der Waals surface area contributed by atoms with Gasteiger partial charge in [0.15, 0.2) is 0 Å². The van der Waals surface area contributed by atoms with Gasteiger partial charge in [-0.25, -0.2) is 0 Å². The van der Waals surface area contributed by atoms with E-state index in [9.17, 15) is 0 Å². The minimum absolute atomic E-state index is 0.333. The van der Waals surface area contributed by atoms with Crippen LogP contribution in [0.5, 0.6) is 0 Å². The lowest BCUT2D eigenvalue weighted by molar-refractivity contribution is 0.381. The third-order valence-corrected chi connectivity index (χ3v) is 0. The van der Waals surface area contributed by atoms with Gasteiger partial charge in [0.05, 0.1) is 0 Å². The van der Waals surface area contributed by atoms with Gasteiger partial charge >= 0.3 is 10.4 Å². The lowest BCUT2D eigenvalue weighted by Gasteiger charge is -1.81. The van der Waals surface area contributed by atoms with Crippen LogP contribution in [0.1, 0.15) is 13.8 Å². The van der Waals surface area contributed by atoms with Crippen LogP contribution in [0.4, 0.5) is 0 Å². The maximum absolute atomic E-state index is 8.74. The Hall–Kier alpha value is -0.210. The number of nitrogens with two attached hydrogens (primary N) is 2. The van der Waals surface area contributed by atoms with Gasteiger partial charge in [-0.05, 0) is 13.1 Å². The van der Waals surface area contributed by atoms with Crippen LogP contribution in [-0.2, 0) is 10.4 Å². The molecule has 0 radical (unpaired) electrons. The fourth-order valence-electron chi connectivity index (χ4n) is 0. The smallest absolute Gasteiger partial charge is 0.333 e. The standard InChI is InChI=1S/C3H9N.CH5N.H2O4S/c1-3(2)4;1-2;1-5(2,3)4/h3H,4H2,1-2H3;2H2,1H3;(H2,1,2,3,4). The largest absolute Gasteiger partial charge is 0.394 e.